The van der Waals surface area contributed by atoms with Crippen molar-refractivity contribution in [3.63, 3.8) is 0 Å². The quantitative estimate of drug-likeness (QED) is 0.643. The second-order valence-corrected chi connectivity index (χ2v) is 10.2. The molecule has 2 unspecified atom stereocenters. The van der Waals surface area contributed by atoms with E-state index in [2.05, 4.69) is 29.6 Å². The minimum Gasteiger partial charge on any atom is -0.481 e. The van der Waals surface area contributed by atoms with Crippen LogP contribution >= 0.6 is 0 Å². The molecule has 7 heteroatoms. The van der Waals surface area contributed by atoms with Gasteiger partial charge in [0.15, 0.2) is 0 Å². The van der Waals surface area contributed by atoms with Crippen LogP contribution in [0.2, 0.25) is 0 Å². The Morgan fingerprint density at radius 3 is 2.24 bits per heavy atom. The average molecular weight is 465 g/mol. The molecular weight excluding hydrogens is 432 g/mol. The number of rotatable bonds is 7. The van der Waals surface area contributed by atoms with Crippen molar-refractivity contribution in [1.82, 2.24) is 10.2 Å². The van der Waals surface area contributed by atoms with Crippen LogP contribution in [0.15, 0.2) is 48.5 Å². The van der Waals surface area contributed by atoms with E-state index in [9.17, 15) is 19.5 Å². The van der Waals surface area contributed by atoms with Gasteiger partial charge in [0.1, 0.15) is 6.61 Å². The lowest BCUT2D eigenvalue weighted by atomic mass is 9.82. The Hall–Kier alpha value is -3.35. The van der Waals surface area contributed by atoms with Gasteiger partial charge in [-0.15, -0.1) is 0 Å². The van der Waals surface area contributed by atoms with E-state index < -0.39 is 23.4 Å². The van der Waals surface area contributed by atoms with E-state index >= 15 is 0 Å². The van der Waals surface area contributed by atoms with Crippen molar-refractivity contribution in [3.05, 3.63) is 59.7 Å². The predicted molar refractivity (Wildman–Crippen MR) is 128 cm³/mol. The van der Waals surface area contributed by atoms with E-state index in [0.717, 1.165) is 11.1 Å². The van der Waals surface area contributed by atoms with Gasteiger partial charge in [-0.3, -0.25) is 9.59 Å². The van der Waals surface area contributed by atoms with Crippen molar-refractivity contribution in [2.24, 2.45) is 17.3 Å². The minimum atomic E-state index is -0.870. The van der Waals surface area contributed by atoms with Gasteiger partial charge >= 0.3 is 12.1 Å². The molecular formula is C27H32N2O5. The predicted octanol–water partition coefficient (Wildman–Crippen LogP) is 4.12. The van der Waals surface area contributed by atoms with E-state index in [-0.39, 0.29) is 37.3 Å². The zero-order valence-electron chi connectivity index (χ0n) is 19.9. The Morgan fingerprint density at radius 2 is 1.68 bits per heavy atom. The van der Waals surface area contributed by atoms with Crippen molar-refractivity contribution >= 4 is 18.0 Å². The first-order valence-corrected chi connectivity index (χ1v) is 11.8. The number of nitrogens with one attached hydrogen (secondary N) is 1. The standard InChI is InChI=1S/C27H32N2O5/c1-17(12-24(30)29-14-23(25(31)32)27(2,3)16-29)13-28-26(33)34-15-22-20-10-6-4-8-18(20)19-9-5-7-11-21(19)22/h4-11,17,22-23H,12-16H2,1-3H3,(H,28,33)(H,31,32). The van der Waals surface area contributed by atoms with Crippen LogP contribution in [-0.2, 0) is 14.3 Å². The van der Waals surface area contributed by atoms with Gasteiger partial charge in [0, 0.05) is 32.0 Å². The average Bonchev–Trinajstić information content (AvgIpc) is 3.30. The lowest BCUT2D eigenvalue weighted by Crippen LogP contribution is -2.35. The molecule has 2 aliphatic rings. The maximum Gasteiger partial charge on any atom is 0.407 e. The Bertz CT molecular complexity index is 1050. The van der Waals surface area contributed by atoms with Crippen LogP contribution in [0.3, 0.4) is 0 Å². The van der Waals surface area contributed by atoms with Gasteiger partial charge in [-0.25, -0.2) is 4.79 Å². The van der Waals surface area contributed by atoms with Crippen LogP contribution in [0.25, 0.3) is 11.1 Å². The molecule has 2 aromatic carbocycles. The number of ether oxygens (including phenoxy) is 1. The summed E-state index contributed by atoms with van der Waals surface area (Å²) in [6.45, 7) is 6.84. The second-order valence-electron chi connectivity index (χ2n) is 10.2. The smallest absolute Gasteiger partial charge is 0.407 e. The molecule has 180 valence electrons. The first kappa shape index (κ1) is 23.8. The molecule has 2 aromatic rings. The number of carbonyl (C=O) groups excluding carboxylic acids is 2. The third-order valence-electron chi connectivity index (χ3n) is 7.06. The molecule has 1 aliphatic carbocycles. The number of likely N-dealkylation sites (tertiary alicyclic amines) is 1. The zero-order valence-corrected chi connectivity index (χ0v) is 19.9. The van der Waals surface area contributed by atoms with Gasteiger partial charge in [-0.05, 0) is 33.6 Å². The molecule has 1 heterocycles. The van der Waals surface area contributed by atoms with Crippen LogP contribution in [0.4, 0.5) is 4.79 Å². The Balaban J connectivity index is 1.26. The fraction of sp³-hybridized carbons (Fsp3) is 0.444. The molecule has 2 amide bonds. The van der Waals surface area contributed by atoms with Crippen molar-refractivity contribution in [3.8, 4) is 11.1 Å². The topological polar surface area (TPSA) is 95.9 Å². The summed E-state index contributed by atoms with van der Waals surface area (Å²) in [4.78, 5) is 38.2. The molecule has 1 saturated heterocycles. The first-order valence-electron chi connectivity index (χ1n) is 11.8. The Labute approximate surface area is 200 Å². The number of amides is 2. The summed E-state index contributed by atoms with van der Waals surface area (Å²) < 4.78 is 5.55. The van der Waals surface area contributed by atoms with Gasteiger partial charge in [0.25, 0.3) is 0 Å². The lowest BCUT2D eigenvalue weighted by molar-refractivity contribution is -0.144. The molecule has 0 bridgehead atoms. The molecule has 2 N–H and O–H groups in total. The summed E-state index contributed by atoms with van der Waals surface area (Å²) >= 11 is 0. The number of hydrogen-bond acceptors (Lipinski definition) is 4. The maximum absolute atomic E-state index is 12.7. The third kappa shape index (κ3) is 4.79. The number of benzene rings is 2. The van der Waals surface area contributed by atoms with Crippen molar-refractivity contribution < 1.29 is 24.2 Å². The molecule has 1 aliphatic heterocycles. The molecule has 1 fully saturated rings. The van der Waals surface area contributed by atoms with E-state index in [1.165, 1.54) is 11.1 Å². The number of fused-ring (bicyclic) bond motifs is 3. The maximum atomic E-state index is 12.7. The molecule has 0 saturated carbocycles. The van der Waals surface area contributed by atoms with E-state index in [4.69, 9.17) is 4.74 Å². The van der Waals surface area contributed by atoms with E-state index in [0.29, 0.717) is 13.1 Å². The monoisotopic (exact) mass is 464 g/mol. The number of aliphatic carboxylic acids is 1. The van der Waals surface area contributed by atoms with Crippen LogP contribution in [0, 0.1) is 17.3 Å². The highest BCUT2D eigenvalue weighted by Gasteiger charge is 2.45. The zero-order chi connectivity index (χ0) is 24.5. The van der Waals surface area contributed by atoms with Gasteiger partial charge in [0.05, 0.1) is 5.92 Å². The van der Waals surface area contributed by atoms with E-state index in [1.54, 1.807) is 4.90 Å². The Kier molecular flexibility index (Phi) is 6.64. The summed E-state index contributed by atoms with van der Waals surface area (Å²) in [7, 11) is 0. The van der Waals surface area contributed by atoms with Crippen molar-refractivity contribution in [1.29, 1.82) is 0 Å². The number of hydrogen-bond donors (Lipinski definition) is 2. The molecule has 7 nitrogen and oxygen atoms in total. The number of nitrogens with zero attached hydrogens (tertiary/aromatic N) is 1. The van der Waals surface area contributed by atoms with Gasteiger partial charge < -0.3 is 20.1 Å². The number of alkyl carbamates (subject to hydrolysis) is 1. The highest BCUT2D eigenvalue weighted by atomic mass is 16.5. The van der Waals surface area contributed by atoms with Crippen molar-refractivity contribution in [2.75, 3.05) is 26.2 Å². The molecule has 0 spiro atoms. The first-order chi connectivity index (χ1) is 16.2. The van der Waals surface area contributed by atoms with Gasteiger partial charge in [-0.1, -0.05) is 69.3 Å². The largest absolute Gasteiger partial charge is 0.481 e. The SMILES string of the molecule is CC(CNC(=O)OCC1c2ccccc2-c2ccccc21)CC(=O)N1CC(C(=O)O)C(C)(C)C1. The summed E-state index contributed by atoms with van der Waals surface area (Å²) in [6.07, 6.45) is -0.263. The molecule has 4 rings (SSSR count). The van der Waals surface area contributed by atoms with Crippen LogP contribution in [0.1, 0.15) is 44.2 Å². The number of carboxylic acid groups (broad SMARTS) is 1. The van der Waals surface area contributed by atoms with Gasteiger partial charge in [-0.2, -0.15) is 0 Å². The van der Waals surface area contributed by atoms with Crippen LogP contribution in [-0.4, -0.2) is 54.2 Å². The van der Waals surface area contributed by atoms with Crippen LogP contribution < -0.4 is 5.32 Å². The third-order valence-corrected chi connectivity index (χ3v) is 7.06. The summed E-state index contributed by atoms with van der Waals surface area (Å²) in [5.74, 6) is -1.62. The lowest BCUT2D eigenvalue weighted by Gasteiger charge is -2.22. The number of carbonyl (C=O) groups is 3. The van der Waals surface area contributed by atoms with Gasteiger partial charge in [0.2, 0.25) is 5.91 Å². The second kappa shape index (κ2) is 9.49. The fourth-order valence-corrected chi connectivity index (χ4v) is 5.14. The molecule has 0 radical (unpaired) electrons. The molecule has 2 atom stereocenters. The molecule has 34 heavy (non-hydrogen) atoms. The number of carboxylic acids is 1. The van der Waals surface area contributed by atoms with Crippen LogP contribution in [0.5, 0.6) is 0 Å². The highest BCUT2D eigenvalue weighted by Crippen LogP contribution is 2.44. The van der Waals surface area contributed by atoms with E-state index in [1.807, 2.05) is 45.0 Å². The Morgan fingerprint density at radius 1 is 1.09 bits per heavy atom. The molecule has 0 aromatic heterocycles. The van der Waals surface area contributed by atoms with Crippen molar-refractivity contribution in [2.45, 2.75) is 33.1 Å². The highest BCUT2D eigenvalue weighted by molar-refractivity contribution is 5.80. The summed E-state index contributed by atoms with van der Waals surface area (Å²) in [5.41, 5.74) is 4.21. The fourth-order valence-electron chi connectivity index (χ4n) is 5.14. The normalized spacial score (nSPS) is 19.3. The minimum absolute atomic E-state index is 0.00199. The summed E-state index contributed by atoms with van der Waals surface area (Å²) in [5, 5.41) is 12.2. The summed E-state index contributed by atoms with van der Waals surface area (Å²) in [6, 6.07) is 16.3.